The lowest BCUT2D eigenvalue weighted by Gasteiger charge is -2.12. The fourth-order valence-electron chi connectivity index (χ4n) is 3.10. The second kappa shape index (κ2) is 8.24. The number of ether oxygens (including phenoxy) is 3. The maximum atomic E-state index is 14.5. The van der Waals surface area contributed by atoms with Crippen LogP contribution in [0, 0.1) is 11.7 Å². The van der Waals surface area contributed by atoms with E-state index in [1.165, 1.54) is 7.11 Å². The molecule has 0 radical (unpaired) electrons. The number of methoxy groups -OCH3 is 2. The lowest BCUT2D eigenvalue weighted by Crippen LogP contribution is -2.23. The van der Waals surface area contributed by atoms with Gasteiger partial charge in [-0.1, -0.05) is 0 Å². The number of carbonyl (C=O) groups excluding carboxylic acids is 2. The highest BCUT2D eigenvalue weighted by atomic mass is 19.1. The van der Waals surface area contributed by atoms with Gasteiger partial charge in [0.1, 0.15) is 17.4 Å². The number of halogens is 1. The minimum absolute atomic E-state index is 0.00827. The molecule has 7 nitrogen and oxygen atoms in total. The van der Waals surface area contributed by atoms with Gasteiger partial charge in [-0.3, -0.25) is 9.59 Å². The predicted molar refractivity (Wildman–Crippen MR) is 99.2 cm³/mol. The smallest absolute Gasteiger partial charge is 0.317 e. The molecule has 1 heterocycles. The number of fused-ring (bicyclic) bond motifs is 1. The minimum Gasteiger partial charge on any atom is -0.497 e. The molecule has 0 bridgehead atoms. The van der Waals surface area contributed by atoms with Crippen molar-refractivity contribution < 1.29 is 28.2 Å². The molecule has 0 amide bonds. The summed E-state index contributed by atoms with van der Waals surface area (Å²) in [5.74, 6) is -1.44. The lowest BCUT2D eigenvalue weighted by molar-refractivity contribution is -0.146. The van der Waals surface area contributed by atoms with Gasteiger partial charge in [0.25, 0.3) is 0 Å². The summed E-state index contributed by atoms with van der Waals surface area (Å²) >= 11 is 0. The standard InChI is InChI=1S/C20H21FN2O5/c1-4-28-20(25)14-9-16-13(18(14)24)8-15(21)19(23-16)22-10-11-5-6-12(26-2)7-17(11)27-3/h5-8,14H,4,9-10H2,1-3H3,(H,22,23). The topological polar surface area (TPSA) is 86.8 Å². The Labute approximate surface area is 161 Å². The molecule has 1 aromatic heterocycles. The number of anilines is 1. The Balaban J connectivity index is 1.78. The molecule has 3 rings (SSSR count). The van der Waals surface area contributed by atoms with Gasteiger partial charge < -0.3 is 19.5 Å². The molecular formula is C20H21FN2O5. The fourth-order valence-corrected chi connectivity index (χ4v) is 3.10. The third-order valence-corrected chi connectivity index (χ3v) is 4.55. The van der Waals surface area contributed by atoms with Crippen molar-refractivity contribution in [2.75, 3.05) is 26.1 Å². The number of Topliss-reactive ketones (excluding diaryl/α,β-unsaturated/α-hetero) is 1. The molecule has 1 aliphatic rings. The number of nitrogens with one attached hydrogen (secondary N) is 1. The van der Waals surface area contributed by atoms with E-state index in [9.17, 15) is 14.0 Å². The number of hydrogen-bond acceptors (Lipinski definition) is 7. The van der Waals surface area contributed by atoms with E-state index in [0.717, 1.165) is 11.6 Å². The van der Waals surface area contributed by atoms with Crippen LogP contribution in [0.4, 0.5) is 10.2 Å². The number of aromatic nitrogens is 1. The minimum atomic E-state index is -0.959. The number of nitrogens with zero attached hydrogens (tertiary/aromatic N) is 1. The third-order valence-electron chi connectivity index (χ3n) is 4.55. The zero-order chi connectivity index (χ0) is 20.3. The second-order valence-corrected chi connectivity index (χ2v) is 6.22. The predicted octanol–water partition coefficient (Wildman–Crippen LogP) is 2.77. The van der Waals surface area contributed by atoms with Crippen molar-refractivity contribution in [1.29, 1.82) is 0 Å². The summed E-state index contributed by atoms with van der Waals surface area (Å²) in [5.41, 5.74) is 1.29. The first kappa shape index (κ1) is 19.6. The average Bonchev–Trinajstić information content (AvgIpc) is 3.02. The van der Waals surface area contributed by atoms with Crippen molar-refractivity contribution in [2.45, 2.75) is 19.9 Å². The summed E-state index contributed by atoms with van der Waals surface area (Å²) in [6, 6.07) is 6.43. The Bertz CT molecular complexity index is 916. The van der Waals surface area contributed by atoms with Crippen LogP contribution < -0.4 is 14.8 Å². The third kappa shape index (κ3) is 3.76. The molecule has 28 heavy (non-hydrogen) atoms. The van der Waals surface area contributed by atoms with Gasteiger partial charge in [-0.2, -0.15) is 0 Å². The van der Waals surface area contributed by atoms with Gasteiger partial charge in [-0.15, -0.1) is 0 Å². The molecule has 0 aliphatic heterocycles. The normalized spacial score (nSPS) is 15.1. The highest BCUT2D eigenvalue weighted by Gasteiger charge is 2.38. The molecule has 1 aromatic carbocycles. The van der Waals surface area contributed by atoms with E-state index in [-0.39, 0.29) is 31.0 Å². The molecule has 0 fully saturated rings. The van der Waals surface area contributed by atoms with E-state index < -0.39 is 23.5 Å². The summed E-state index contributed by atoms with van der Waals surface area (Å²) in [6.45, 7) is 2.10. The molecule has 0 saturated heterocycles. The van der Waals surface area contributed by atoms with Crippen molar-refractivity contribution in [3.8, 4) is 11.5 Å². The van der Waals surface area contributed by atoms with E-state index in [1.807, 2.05) is 0 Å². The number of rotatable bonds is 7. The van der Waals surface area contributed by atoms with Crippen LogP contribution in [0.1, 0.15) is 28.5 Å². The van der Waals surface area contributed by atoms with Crippen LogP contribution in [0.15, 0.2) is 24.3 Å². The van der Waals surface area contributed by atoms with Gasteiger partial charge in [0.05, 0.1) is 26.5 Å². The van der Waals surface area contributed by atoms with Crippen LogP contribution in [0.3, 0.4) is 0 Å². The monoisotopic (exact) mass is 388 g/mol. The van der Waals surface area contributed by atoms with Crippen LogP contribution in [-0.2, 0) is 22.5 Å². The average molecular weight is 388 g/mol. The molecule has 1 atom stereocenters. The van der Waals surface area contributed by atoms with E-state index >= 15 is 0 Å². The van der Waals surface area contributed by atoms with Crippen molar-refractivity contribution in [3.63, 3.8) is 0 Å². The second-order valence-electron chi connectivity index (χ2n) is 6.22. The van der Waals surface area contributed by atoms with E-state index in [2.05, 4.69) is 10.3 Å². The van der Waals surface area contributed by atoms with Gasteiger partial charge in [0, 0.05) is 30.2 Å². The van der Waals surface area contributed by atoms with Gasteiger partial charge in [0.15, 0.2) is 17.4 Å². The Morgan fingerprint density at radius 3 is 2.75 bits per heavy atom. The van der Waals surface area contributed by atoms with E-state index in [0.29, 0.717) is 17.2 Å². The first-order valence-electron chi connectivity index (χ1n) is 8.83. The molecule has 1 aliphatic carbocycles. The maximum absolute atomic E-state index is 14.5. The number of benzene rings is 1. The summed E-state index contributed by atoms with van der Waals surface area (Å²) < 4.78 is 29.9. The number of pyridine rings is 1. The van der Waals surface area contributed by atoms with Crippen LogP contribution in [0.2, 0.25) is 0 Å². The highest BCUT2D eigenvalue weighted by molar-refractivity contribution is 6.12. The summed E-state index contributed by atoms with van der Waals surface area (Å²) in [7, 11) is 3.09. The Morgan fingerprint density at radius 1 is 1.29 bits per heavy atom. The number of carbonyl (C=O) groups is 2. The number of hydrogen-bond donors (Lipinski definition) is 1. The molecule has 8 heteroatoms. The number of ketones is 1. The first-order valence-corrected chi connectivity index (χ1v) is 8.83. The van der Waals surface area contributed by atoms with Crippen LogP contribution in [0.25, 0.3) is 0 Å². The van der Waals surface area contributed by atoms with E-state index in [1.54, 1.807) is 32.2 Å². The number of esters is 1. The van der Waals surface area contributed by atoms with Gasteiger partial charge in [0.2, 0.25) is 0 Å². The van der Waals surface area contributed by atoms with E-state index in [4.69, 9.17) is 14.2 Å². The van der Waals surface area contributed by atoms with Crippen molar-refractivity contribution >= 4 is 17.6 Å². The van der Waals surface area contributed by atoms with Crippen molar-refractivity contribution in [3.05, 3.63) is 46.9 Å². The van der Waals surface area contributed by atoms with Gasteiger partial charge in [-0.05, 0) is 25.1 Å². The highest BCUT2D eigenvalue weighted by Crippen LogP contribution is 2.30. The van der Waals surface area contributed by atoms with Crippen molar-refractivity contribution in [2.24, 2.45) is 5.92 Å². The van der Waals surface area contributed by atoms with Crippen LogP contribution >= 0.6 is 0 Å². The quantitative estimate of drug-likeness (QED) is 0.576. The molecule has 1 unspecified atom stereocenters. The SMILES string of the molecule is CCOC(=O)C1Cc2nc(NCc3ccc(OC)cc3OC)c(F)cc2C1=O. The Kier molecular flexibility index (Phi) is 5.77. The summed E-state index contributed by atoms with van der Waals surface area (Å²) in [4.78, 5) is 28.5. The van der Waals surface area contributed by atoms with Gasteiger partial charge in [-0.25, -0.2) is 9.37 Å². The molecule has 148 valence electrons. The zero-order valence-electron chi connectivity index (χ0n) is 15.9. The Hall–Kier alpha value is -3.16. The summed E-state index contributed by atoms with van der Waals surface area (Å²) in [6.07, 6.45) is 0.105. The molecular weight excluding hydrogens is 367 g/mol. The van der Waals surface area contributed by atoms with Crippen LogP contribution in [0.5, 0.6) is 11.5 Å². The first-order chi connectivity index (χ1) is 13.5. The maximum Gasteiger partial charge on any atom is 0.317 e. The zero-order valence-corrected chi connectivity index (χ0v) is 15.9. The van der Waals surface area contributed by atoms with Crippen molar-refractivity contribution in [1.82, 2.24) is 4.98 Å². The van der Waals surface area contributed by atoms with Gasteiger partial charge >= 0.3 is 5.97 Å². The molecule has 2 aromatic rings. The molecule has 0 spiro atoms. The summed E-state index contributed by atoms with van der Waals surface area (Å²) in [5, 5.41) is 2.92. The largest absolute Gasteiger partial charge is 0.497 e. The fraction of sp³-hybridized carbons (Fsp3) is 0.350. The lowest BCUT2D eigenvalue weighted by atomic mass is 10.1. The molecule has 1 N–H and O–H groups in total. The van der Waals surface area contributed by atoms with Crippen LogP contribution in [-0.4, -0.2) is 37.6 Å². The molecule has 0 saturated carbocycles. The Morgan fingerprint density at radius 2 is 2.07 bits per heavy atom.